The third-order valence-corrected chi connectivity index (χ3v) is 4.30. The summed E-state index contributed by atoms with van der Waals surface area (Å²) in [6, 6.07) is 7.04. The minimum absolute atomic E-state index is 0.0158. The van der Waals surface area contributed by atoms with Gasteiger partial charge in [-0.05, 0) is 44.2 Å². The van der Waals surface area contributed by atoms with Crippen molar-refractivity contribution in [2.75, 3.05) is 18.0 Å². The number of halogens is 1. The van der Waals surface area contributed by atoms with E-state index in [1.807, 2.05) is 0 Å². The van der Waals surface area contributed by atoms with Gasteiger partial charge in [-0.15, -0.1) is 0 Å². The number of carbonyl (C=O) groups excluding carboxylic acids is 2. The van der Waals surface area contributed by atoms with E-state index in [0.717, 1.165) is 19.3 Å². The molecule has 1 aliphatic rings. The van der Waals surface area contributed by atoms with Crippen LogP contribution in [0.1, 0.15) is 39.0 Å². The lowest BCUT2D eigenvalue weighted by Crippen LogP contribution is -2.40. The van der Waals surface area contributed by atoms with Crippen LogP contribution >= 0.6 is 11.6 Å². The lowest BCUT2D eigenvalue weighted by molar-refractivity contribution is -0.123. The molecule has 0 radical (unpaired) electrons. The van der Waals surface area contributed by atoms with Crippen molar-refractivity contribution in [2.24, 2.45) is 0 Å². The Morgan fingerprint density at radius 1 is 1.26 bits per heavy atom. The fraction of sp³-hybridized carbons (Fsp3) is 0.444. The van der Waals surface area contributed by atoms with Gasteiger partial charge in [-0.1, -0.05) is 35.4 Å². The van der Waals surface area contributed by atoms with E-state index < -0.39 is 0 Å². The summed E-state index contributed by atoms with van der Waals surface area (Å²) in [7, 11) is 0. The van der Waals surface area contributed by atoms with Gasteiger partial charge in [-0.3, -0.25) is 9.59 Å². The van der Waals surface area contributed by atoms with E-state index in [-0.39, 0.29) is 18.4 Å². The molecule has 1 aromatic rings. The highest BCUT2D eigenvalue weighted by molar-refractivity contribution is 6.33. The third kappa shape index (κ3) is 5.39. The molecule has 0 unspecified atom stereocenters. The maximum absolute atomic E-state index is 12.1. The highest BCUT2D eigenvalue weighted by atomic mass is 35.5. The van der Waals surface area contributed by atoms with Crippen LogP contribution in [0.4, 0.5) is 5.69 Å². The van der Waals surface area contributed by atoms with Crippen LogP contribution < -0.4 is 10.2 Å². The molecule has 0 aromatic heterocycles. The van der Waals surface area contributed by atoms with Crippen molar-refractivity contribution in [3.63, 3.8) is 0 Å². The number of amides is 2. The lowest BCUT2D eigenvalue weighted by Gasteiger charge is -2.22. The average molecular weight is 335 g/mol. The quantitative estimate of drug-likeness (QED) is 0.806. The van der Waals surface area contributed by atoms with Gasteiger partial charge in [0.2, 0.25) is 11.8 Å². The van der Waals surface area contributed by atoms with Crippen molar-refractivity contribution in [3.8, 4) is 0 Å². The second-order valence-electron chi connectivity index (χ2n) is 5.76. The fourth-order valence-corrected chi connectivity index (χ4v) is 2.97. The van der Waals surface area contributed by atoms with Crippen molar-refractivity contribution < 1.29 is 9.59 Å². The van der Waals surface area contributed by atoms with E-state index in [4.69, 9.17) is 11.6 Å². The van der Waals surface area contributed by atoms with Gasteiger partial charge in [0.05, 0.1) is 10.7 Å². The first-order valence-electron chi connectivity index (χ1n) is 8.05. The molecule has 1 aliphatic carbocycles. The minimum atomic E-state index is -0.205. The van der Waals surface area contributed by atoms with E-state index in [2.05, 4.69) is 11.4 Å². The molecule has 0 spiro atoms. The Hall–Kier alpha value is -1.81. The standard InChI is InChI=1S/C18H23ClN2O2/c1-14(22)21(17-10-6-5-9-16(17)19)13-18(23)20-12-11-15-7-3-2-4-8-15/h5-7,9-10H,2-4,8,11-13H2,1H3,(H,20,23). The third-order valence-electron chi connectivity index (χ3n) is 3.98. The minimum Gasteiger partial charge on any atom is -0.354 e. The van der Waals surface area contributed by atoms with Crippen molar-refractivity contribution in [1.29, 1.82) is 0 Å². The van der Waals surface area contributed by atoms with Crippen LogP contribution in [-0.2, 0) is 9.59 Å². The van der Waals surface area contributed by atoms with Crippen molar-refractivity contribution in [2.45, 2.75) is 39.0 Å². The van der Waals surface area contributed by atoms with Gasteiger partial charge >= 0.3 is 0 Å². The molecule has 4 nitrogen and oxygen atoms in total. The number of rotatable bonds is 6. The first-order valence-corrected chi connectivity index (χ1v) is 8.43. The van der Waals surface area contributed by atoms with Crippen molar-refractivity contribution in [1.82, 2.24) is 5.32 Å². The molecule has 23 heavy (non-hydrogen) atoms. The SMILES string of the molecule is CC(=O)N(CC(=O)NCCC1=CCCCC1)c1ccccc1Cl. The lowest BCUT2D eigenvalue weighted by atomic mass is 9.97. The molecule has 2 amide bonds. The Morgan fingerprint density at radius 2 is 2.04 bits per heavy atom. The maximum Gasteiger partial charge on any atom is 0.240 e. The highest BCUT2D eigenvalue weighted by Gasteiger charge is 2.17. The number of hydrogen-bond donors (Lipinski definition) is 1. The summed E-state index contributed by atoms with van der Waals surface area (Å²) in [5, 5.41) is 3.35. The molecule has 0 saturated heterocycles. The van der Waals surface area contributed by atoms with Gasteiger partial charge < -0.3 is 10.2 Å². The molecule has 1 aromatic carbocycles. The number of nitrogens with zero attached hydrogens (tertiary/aromatic N) is 1. The highest BCUT2D eigenvalue weighted by Crippen LogP contribution is 2.25. The molecule has 0 bridgehead atoms. The molecule has 0 atom stereocenters. The summed E-state index contributed by atoms with van der Waals surface area (Å²) >= 11 is 6.12. The van der Waals surface area contributed by atoms with Crippen molar-refractivity contribution in [3.05, 3.63) is 40.9 Å². The Morgan fingerprint density at radius 3 is 2.70 bits per heavy atom. The monoisotopic (exact) mass is 334 g/mol. The smallest absolute Gasteiger partial charge is 0.240 e. The second kappa shape index (κ2) is 8.73. The summed E-state index contributed by atoms with van der Waals surface area (Å²) in [6.07, 6.45) is 7.95. The van der Waals surface area contributed by atoms with E-state index in [0.29, 0.717) is 17.3 Å². The predicted octanol–water partition coefficient (Wildman–Crippen LogP) is 3.70. The summed E-state index contributed by atoms with van der Waals surface area (Å²) in [6.45, 7) is 2.03. The molecule has 0 saturated carbocycles. The number of allylic oxidation sites excluding steroid dienone is 1. The second-order valence-corrected chi connectivity index (χ2v) is 6.17. The summed E-state index contributed by atoms with van der Waals surface area (Å²) in [5.41, 5.74) is 1.98. The van der Waals surface area contributed by atoms with Gasteiger partial charge in [0.1, 0.15) is 6.54 Å². The largest absolute Gasteiger partial charge is 0.354 e. The van der Waals surface area contributed by atoms with E-state index in [9.17, 15) is 9.59 Å². The summed E-state index contributed by atoms with van der Waals surface area (Å²) < 4.78 is 0. The molecule has 1 N–H and O–H groups in total. The Bertz CT molecular complexity index is 598. The molecular formula is C18H23ClN2O2. The number of benzene rings is 1. The number of para-hydroxylation sites is 1. The summed E-state index contributed by atoms with van der Waals surface area (Å²) in [4.78, 5) is 25.3. The average Bonchev–Trinajstić information content (AvgIpc) is 2.54. The van der Waals surface area contributed by atoms with Crippen LogP contribution in [0, 0.1) is 0 Å². The zero-order valence-corrected chi connectivity index (χ0v) is 14.2. The topological polar surface area (TPSA) is 49.4 Å². The molecule has 0 heterocycles. The first-order chi connectivity index (χ1) is 11.1. The predicted molar refractivity (Wildman–Crippen MR) is 93.7 cm³/mol. The number of nitrogens with one attached hydrogen (secondary N) is 1. The number of carbonyl (C=O) groups is 2. The van der Waals surface area contributed by atoms with Crippen LogP contribution in [0.2, 0.25) is 5.02 Å². The molecule has 0 fully saturated rings. The van der Waals surface area contributed by atoms with E-state index >= 15 is 0 Å². The zero-order valence-electron chi connectivity index (χ0n) is 13.5. The maximum atomic E-state index is 12.1. The zero-order chi connectivity index (χ0) is 16.7. The molecule has 2 rings (SSSR count). The Labute approximate surface area is 142 Å². The molecular weight excluding hydrogens is 312 g/mol. The van der Waals surface area contributed by atoms with Gasteiger partial charge in [0.15, 0.2) is 0 Å². The van der Waals surface area contributed by atoms with Gasteiger partial charge in [0, 0.05) is 13.5 Å². The molecule has 124 valence electrons. The molecule has 5 heteroatoms. The van der Waals surface area contributed by atoms with E-state index in [1.54, 1.807) is 24.3 Å². The molecule has 0 aliphatic heterocycles. The van der Waals surface area contributed by atoms with Gasteiger partial charge in [-0.2, -0.15) is 0 Å². The van der Waals surface area contributed by atoms with E-state index in [1.165, 1.54) is 30.2 Å². The summed E-state index contributed by atoms with van der Waals surface area (Å²) in [5.74, 6) is -0.375. The Kier molecular flexibility index (Phi) is 6.66. The fourth-order valence-electron chi connectivity index (χ4n) is 2.73. The van der Waals surface area contributed by atoms with Gasteiger partial charge in [0.25, 0.3) is 0 Å². The van der Waals surface area contributed by atoms with Crippen LogP contribution in [0.15, 0.2) is 35.9 Å². The van der Waals surface area contributed by atoms with Gasteiger partial charge in [-0.25, -0.2) is 0 Å². The van der Waals surface area contributed by atoms with Crippen molar-refractivity contribution >= 4 is 29.1 Å². The van der Waals surface area contributed by atoms with Crippen LogP contribution in [0.3, 0.4) is 0 Å². The first kappa shape index (κ1) is 17.5. The van der Waals surface area contributed by atoms with Crippen LogP contribution in [0.25, 0.3) is 0 Å². The normalized spacial score (nSPS) is 14.1. The number of hydrogen-bond acceptors (Lipinski definition) is 2. The van der Waals surface area contributed by atoms with Crippen LogP contribution in [-0.4, -0.2) is 24.9 Å². The number of anilines is 1. The van der Waals surface area contributed by atoms with Crippen LogP contribution in [0.5, 0.6) is 0 Å². The Balaban J connectivity index is 1.87.